The monoisotopic (exact) mass is 361 g/mol. The summed E-state index contributed by atoms with van der Waals surface area (Å²) in [5.41, 5.74) is 1.67. The number of hydrogen-bond acceptors (Lipinski definition) is 4. The summed E-state index contributed by atoms with van der Waals surface area (Å²) in [6.45, 7) is 6.61. The molecule has 1 N–H and O–H groups in total. The molecule has 4 nitrogen and oxygen atoms in total. The molecule has 4 heteroatoms. The van der Waals surface area contributed by atoms with E-state index in [1.54, 1.807) is 0 Å². The van der Waals surface area contributed by atoms with Crippen molar-refractivity contribution in [2.45, 2.75) is 83.8 Å². The molecule has 1 unspecified atom stereocenters. The van der Waals surface area contributed by atoms with E-state index in [1.807, 2.05) is 0 Å². The normalized spacial score (nSPS) is 51.7. The molecule has 5 fully saturated rings. The average Bonchev–Trinajstić information content (AvgIpc) is 3.18. The van der Waals surface area contributed by atoms with Crippen molar-refractivity contribution in [3.05, 3.63) is 0 Å². The maximum atomic E-state index is 9.36. The van der Waals surface area contributed by atoms with E-state index in [0.717, 1.165) is 55.9 Å². The lowest BCUT2D eigenvalue weighted by molar-refractivity contribution is -0.246. The highest BCUT2D eigenvalue weighted by Crippen LogP contribution is 2.69. The van der Waals surface area contributed by atoms with Crippen LogP contribution in [0.5, 0.6) is 0 Å². The van der Waals surface area contributed by atoms with Gasteiger partial charge in [0.2, 0.25) is 0 Å². The maximum Gasteiger partial charge on any atom is 0.174 e. The van der Waals surface area contributed by atoms with Gasteiger partial charge in [-0.25, -0.2) is 0 Å². The van der Waals surface area contributed by atoms with Crippen LogP contribution in [0.4, 0.5) is 0 Å². The van der Waals surface area contributed by atoms with Crippen LogP contribution in [-0.2, 0) is 9.47 Å². The Balaban J connectivity index is 1.45. The molecule has 146 valence electrons. The third-order valence-electron chi connectivity index (χ3n) is 9.67. The number of hydrogen-bond donors (Lipinski definition) is 1. The van der Waals surface area contributed by atoms with Gasteiger partial charge in [0.25, 0.3) is 0 Å². The highest BCUT2D eigenvalue weighted by atomic mass is 16.7. The molecule has 6 atom stereocenters. The highest BCUT2D eigenvalue weighted by molar-refractivity contribution is 5.84. The molecule has 0 radical (unpaired) electrons. The minimum absolute atomic E-state index is 0.205. The first-order chi connectivity index (χ1) is 12.5. The van der Waals surface area contributed by atoms with Crippen LogP contribution in [0, 0.1) is 34.5 Å². The van der Waals surface area contributed by atoms with Crippen LogP contribution in [0.15, 0.2) is 5.16 Å². The van der Waals surface area contributed by atoms with Gasteiger partial charge < -0.3 is 14.7 Å². The summed E-state index contributed by atoms with van der Waals surface area (Å²) in [5, 5.41) is 13.0. The number of rotatable bonds is 0. The fourth-order valence-corrected chi connectivity index (χ4v) is 8.30. The summed E-state index contributed by atoms with van der Waals surface area (Å²) < 4.78 is 12.5. The Labute approximate surface area is 157 Å². The van der Waals surface area contributed by atoms with Crippen LogP contribution in [0.1, 0.15) is 78.1 Å². The summed E-state index contributed by atoms with van der Waals surface area (Å²) >= 11 is 0. The van der Waals surface area contributed by atoms with Gasteiger partial charge >= 0.3 is 0 Å². The Hall–Kier alpha value is -0.610. The molecule has 1 aliphatic heterocycles. The second-order valence-electron chi connectivity index (χ2n) is 10.3. The molecule has 1 spiro atoms. The smallest absolute Gasteiger partial charge is 0.174 e. The van der Waals surface area contributed by atoms with Crippen molar-refractivity contribution < 1.29 is 14.7 Å². The third kappa shape index (κ3) is 2.18. The van der Waals surface area contributed by atoms with E-state index in [-0.39, 0.29) is 11.2 Å². The summed E-state index contributed by atoms with van der Waals surface area (Å²) in [4.78, 5) is 0. The number of fused-ring (bicyclic) bond motifs is 6. The van der Waals surface area contributed by atoms with Crippen LogP contribution in [0.3, 0.4) is 0 Å². The molecule has 1 heterocycles. The molecule has 5 aliphatic rings. The van der Waals surface area contributed by atoms with E-state index in [4.69, 9.17) is 9.47 Å². The Kier molecular flexibility index (Phi) is 4.00. The van der Waals surface area contributed by atoms with Gasteiger partial charge in [0.1, 0.15) is 0 Å². The third-order valence-corrected chi connectivity index (χ3v) is 9.67. The van der Waals surface area contributed by atoms with Crippen LogP contribution in [0.25, 0.3) is 0 Å². The standard InChI is InChI=1S/C22H35NO3/c1-20-9-3-4-16(23-24)14-15(20)5-6-17-18(20)7-10-21(2)19(17)8-11-22(21)25-12-13-26-22/h15,17-19,24H,3-14H2,1-2H3/t15-,17+,18?,19-,20-,21-/m0/s1. The van der Waals surface area contributed by atoms with Crippen molar-refractivity contribution in [2.24, 2.45) is 39.7 Å². The molecule has 0 aromatic carbocycles. The topological polar surface area (TPSA) is 51.1 Å². The first kappa shape index (κ1) is 17.5. The predicted molar refractivity (Wildman–Crippen MR) is 100 cm³/mol. The number of nitrogens with zero attached hydrogens (tertiary/aromatic N) is 1. The van der Waals surface area contributed by atoms with E-state index in [9.17, 15) is 5.21 Å². The van der Waals surface area contributed by atoms with Gasteiger partial charge in [-0.05, 0) is 86.9 Å². The fraction of sp³-hybridized carbons (Fsp3) is 0.955. The van der Waals surface area contributed by atoms with Gasteiger partial charge in [0.05, 0.1) is 18.9 Å². The largest absolute Gasteiger partial charge is 0.411 e. The second kappa shape index (κ2) is 5.94. The zero-order valence-corrected chi connectivity index (χ0v) is 16.5. The van der Waals surface area contributed by atoms with E-state index in [0.29, 0.717) is 11.3 Å². The van der Waals surface area contributed by atoms with E-state index in [2.05, 4.69) is 19.0 Å². The van der Waals surface area contributed by atoms with Crippen molar-refractivity contribution >= 4 is 5.71 Å². The van der Waals surface area contributed by atoms with Gasteiger partial charge in [0, 0.05) is 11.8 Å². The first-order valence-corrected chi connectivity index (χ1v) is 11.0. The van der Waals surface area contributed by atoms with Crippen LogP contribution < -0.4 is 0 Å². The molecule has 0 aromatic heterocycles. The average molecular weight is 362 g/mol. The molecular weight excluding hydrogens is 326 g/mol. The minimum Gasteiger partial charge on any atom is -0.411 e. The molecule has 5 rings (SSSR count). The predicted octanol–water partition coefficient (Wildman–Crippen LogP) is 4.99. The maximum absolute atomic E-state index is 9.36. The van der Waals surface area contributed by atoms with Gasteiger partial charge in [-0.2, -0.15) is 0 Å². The molecule has 0 bridgehead atoms. The Morgan fingerprint density at radius 3 is 2.50 bits per heavy atom. The molecule has 26 heavy (non-hydrogen) atoms. The SMILES string of the molecule is C[C@]12CCC3[C@@H](CC[C@H]4CC(=NO)CCC[C@]34C)[C@@H]1CCC21OCCO1. The van der Waals surface area contributed by atoms with Crippen molar-refractivity contribution in [1.82, 2.24) is 0 Å². The van der Waals surface area contributed by atoms with Crippen molar-refractivity contribution in [3.63, 3.8) is 0 Å². The van der Waals surface area contributed by atoms with Crippen molar-refractivity contribution in [2.75, 3.05) is 13.2 Å². The summed E-state index contributed by atoms with van der Waals surface area (Å²) in [6, 6.07) is 0. The second-order valence-corrected chi connectivity index (χ2v) is 10.3. The first-order valence-electron chi connectivity index (χ1n) is 11.0. The lowest BCUT2D eigenvalue weighted by Gasteiger charge is -2.59. The highest BCUT2D eigenvalue weighted by Gasteiger charge is 2.67. The summed E-state index contributed by atoms with van der Waals surface area (Å²) in [7, 11) is 0. The molecule has 1 saturated heterocycles. The van der Waals surface area contributed by atoms with Gasteiger partial charge in [-0.15, -0.1) is 0 Å². The van der Waals surface area contributed by atoms with Gasteiger partial charge in [-0.3, -0.25) is 0 Å². The van der Waals surface area contributed by atoms with Gasteiger partial charge in [-0.1, -0.05) is 19.0 Å². The zero-order chi connectivity index (χ0) is 18.0. The molecule has 4 aliphatic carbocycles. The Bertz CT molecular complexity index is 598. The lowest BCUT2D eigenvalue weighted by Crippen LogP contribution is -2.55. The summed E-state index contributed by atoms with van der Waals surface area (Å²) in [5.74, 6) is 2.84. The fourth-order valence-electron chi connectivity index (χ4n) is 8.30. The number of oxime groups is 1. The van der Waals surface area contributed by atoms with E-state index in [1.165, 1.54) is 44.9 Å². The zero-order valence-electron chi connectivity index (χ0n) is 16.5. The number of ether oxygens (including phenoxy) is 2. The van der Waals surface area contributed by atoms with E-state index < -0.39 is 0 Å². The van der Waals surface area contributed by atoms with E-state index >= 15 is 0 Å². The van der Waals surface area contributed by atoms with Crippen LogP contribution in [0.2, 0.25) is 0 Å². The molecule has 0 amide bonds. The Morgan fingerprint density at radius 1 is 0.962 bits per heavy atom. The lowest BCUT2D eigenvalue weighted by atomic mass is 9.46. The minimum atomic E-state index is -0.277. The van der Waals surface area contributed by atoms with Crippen molar-refractivity contribution in [1.29, 1.82) is 0 Å². The quantitative estimate of drug-likeness (QED) is 0.488. The van der Waals surface area contributed by atoms with Crippen LogP contribution >= 0.6 is 0 Å². The summed E-state index contributed by atoms with van der Waals surface area (Å²) in [6.07, 6.45) is 12.1. The molecular formula is C22H35NO3. The Morgan fingerprint density at radius 2 is 1.73 bits per heavy atom. The van der Waals surface area contributed by atoms with Crippen LogP contribution in [-0.4, -0.2) is 29.9 Å². The molecule has 0 aromatic rings. The van der Waals surface area contributed by atoms with Gasteiger partial charge in [0.15, 0.2) is 5.79 Å². The molecule has 4 saturated carbocycles. The van der Waals surface area contributed by atoms with Crippen molar-refractivity contribution in [3.8, 4) is 0 Å².